The Morgan fingerprint density at radius 2 is 1.97 bits per heavy atom. The molecule has 0 radical (unpaired) electrons. The van der Waals surface area contributed by atoms with Crippen molar-refractivity contribution in [1.29, 1.82) is 0 Å². The molecule has 0 spiro atoms. The van der Waals surface area contributed by atoms with Gasteiger partial charge in [0.05, 0.1) is 5.70 Å². The van der Waals surface area contributed by atoms with E-state index in [1.807, 2.05) is 24.3 Å². The third-order valence-corrected chi connectivity index (χ3v) is 8.31. The van der Waals surface area contributed by atoms with Crippen molar-refractivity contribution < 1.29 is 4.79 Å². The lowest BCUT2D eigenvalue weighted by molar-refractivity contribution is -0.00566. The fraction of sp³-hybridized carbons (Fsp3) is 0.577. The van der Waals surface area contributed by atoms with Gasteiger partial charge in [0.25, 0.3) is 0 Å². The molecule has 2 fully saturated rings. The number of carbonyl (C=O) groups is 1. The first-order chi connectivity index (χ1) is 14.4. The Balaban J connectivity index is 1.27. The van der Waals surface area contributed by atoms with Gasteiger partial charge in [0.1, 0.15) is 0 Å². The number of nitrogens with zero attached hydrogens (tertiary/aromatic N) is 2. The summed E-state index contributed by atoms with van der Waals surface area (Å²) >= 11 is 0. The maximum Gasteiger partial charge on any atom is 0.162 e. The average molecular weight is 406 g/mol. The van der Waals surface area contributed by atoms with E-state index in [0.717, 1.165) is 57.5 Å². The first kappa shape index (κ1) is 19.9. The van der Waals surface area contributed by atoms with Crippen LogP contribution in [0.15, 0.2) is 47.3 Å². The number of hydrogen-bond donors (Lipinski definition) is 1. The first-order valence-electron chi connectivity index (χ1n) is 11.7. The van der Waals surface area contributed by atoms with Crippen LogP contribution >= 0.6 is 0 Å². The van der Waals surface area contributed by atoms with E-state index in [4.69, 9.17) is 0 Å². The third-order valence-electron chi connectivity index (χ3n) is 8.31. The molecule has 1 N–H and O–H groups in total. The van der Waals surface area contributed by atoms with Crippen LogP contribution in [0.5, 0.6) is 0 Å². The van der Waals surface area contributed by atoms with Gasteiger partial charge < -0.3 is 15.1 Å². The SMILES string of the molecule is Cc1ccc(C(=O)CCCN2CC[C@]3(C)N4CCNC5=C4C(=CCC5)[C@]3(C)C2)cc1. The molecule has 160 valence electrons. The van der Waals surface area contributed by atoms with E-state index in [-0.39, 0.29) is 16.7 Å². The van der Waals surface area contributed by atoms with E-state index in [1.165, 1.54) is 23.4 Å². The number of benzene rings is 1. The molecule has 0 aromatic heterocycles. The van der Waals surface area contributed by atoms with Crippen LogP contribution in [0, 0.1) is 12.3 Å². The molecule has 4 aliphatic rings. The molecular weight excluding hydrogens is 370 g/mol. The van der Waals surface area contributed by atoms with E-state index < -0.39 is 0 Å². The fourth-order valence-electron chi connectivity index (χ4n) is 6.32. The Bertz CT molecular complexity index is 915. The van der Waals surface area contributed by atoms with Gasteiger partial charge >= 0.3 is 0 Å². The van der Waals surface area contributed by atoms with Crippen LogP contribution in [0.2, 0.25) is 0 Å². The van der Waals surface area contributed by atoms with Crippen LogP contribution in [0.3, 0.4) is 0 Å². The van der Waals surface area contributed by atoms with Crippen LogP contribution in [-0.2, 0) is 0 Å². The van der Waals surface area contributed by atoms with Gasteiger partial charge in [-0.2, -0.15) is 0 Å². The van der Waals surface area contributed by atoms with Crippen molar-refractivity contribution in [3.8, 4) is 0 Å². The number of rotatable bonds is 5. The minimum Gasteiger partial charge on any atom is -0.385 e. The van der Waals surface area contributed by atoms with Crippen molar-refractivity contribution in [2.45, 2.75) is 58.4 Å². The molecular formula is C26H35N3O. The number of carbonyl (C=O) groups excluding carboxylic acids is 1. The lowest BCUT2D eigenvalue weighted by Gasteiger charge is -2.53. The summed E-state index contributed by atoms with van der Waals surface area (Å²) in [6.45, 7) is 12.5. The molecule has 0 unspecified atom stereocenters. The molecule has 2 atom stereocenters. The van der Waals surface area contributed by atoms with Gasteiger partial charge in [0, 0.05) is 54.8 Å². The smallest absolute Gasteiger partial charge is 0.162 e. The van der Waals surface area contributed by atoms with Crippen molar-refractivity contribution in [3.63, 3.8) is 0 Å². The summed E-state index contributed by atoms with van der Waals surface area (Å²) in [7, 11) is 0. The Labute approximate surface area is 181 Å². The zero-order chi connectivity index (χ0) is 20.9. The summed E-state index contributed by atoms with van der Waals surface area (Å²) < 4.78 is 0. The van der Waals surface area contributed by atoms with Crippen molar-refractivity contribution in [3.05, 3.63) is 58.4 Å². The monoisotopic (exact) mass is 405 g/mol. The number of allylic oxidation sites excluding steroid dienone is 3. The van der Waals surface area contributed by atoms with Gasteiger partial charge in [0.15, 0.2) is 5.78 Å². The first-order valence-corrected chi connectivity index (χ1v) is 11.7. The average Bonchev–Trinajstić information content (AvgIpc) is 2.95. The lowest BCUT2D eigenvalue weighted by Crippen LogP contribution is -2.61. The van der Waals surface area contributed by atoms with E-state index in [0.29, 0.717) is 6.42 Å². The maximum absolute atomic E-state index is 12.6. The highest BCUT2D eigenvalue weighted by Gasteiger charge is 2.61. The van der Waals surface area contributed by atoms with Gasteiger partial charge in [-0.05, 0) is 51.6 Å². The van der Waals surface area contributed by atoms with Crippen molar-refractivity contribution >= 4 is 5.78 Å². The normalized spacial score (nSPS) is 30.5. The summed E-state index contributed by atoms with van der Waals surface area (Å²) in [5, 5.41) is 3.69. The van der Waals surface area contributed by atoms with Crippen molar-refractivity contribution in [2.24, 2.45) is 5.41 Å². The van der Waals surface area contributed by atoms with E-state index in [9.17, 15) is 4.79 Å². The highest BCUT2D eigenvalue weighted by molar-refractivity contribution is 5.96. The number of Topliss-reactive ketones (excluding diaryl/α,β-unsaturated/α-hetero) is 1. The quantitative estimate of drug-likeness (QED) is 0.742. The molecule has 4 nitrogen and oxygen atoms in total. The lowest BCUT2D eigenvalue weighted by atomic mass is 9.65. The zero-order valence-corrected chi connectivity index (χ0v) is 18.8. The predicted octanol–water partition coefficient (Wildman–Crippen LogP) is 4.28. The standard InChI is InChI=1S/C26H35N3O/c1-19-9-11-20(12-10-19)23(30)8-5-15-28-16-13-26(3)25(2,18-28)21-6-4-7-22-24(21)29(26)17-14-27-22/h6,9-12,27H,4-5,7-8,13-18H2,1-3H3/t25-,26-/m0/s1. The second-order valence-corrected chi connectivity index (χ2v) is 10.1. The Morgan fingerprint density at radius 1 is 1.17 bits per heavy atom. The molecule has 3 aliphatic heterocycles. The number of hydrogen-bond acceptors (Lipinski definition) is 4. The number of nitrogens with one attached hydrogen (secondary N) is 1. The maximum atomic E-state index is 12.6. The molecule has 1 aromatic carbocycles. The topological polar surface area (TPSA) is 35.6 Å². The summed E-state index contributed by atoms with van der Waals surface area (Å²) in [5.41, 5.74) is 7.01. The molecule has 3 heterocycles. The number of piperidine rings is 1. The molecule has 5 rings (SSSR count). The minimum atomic E-state index is 0.166. The summed E-state index contributed by atoms with van der Waals surface area (Å²) in [6, 6.07) is 8.00. The van der Waals surface area contributed by atoms with Crippen LogP contribution in [-0.4, -0.2) is 53.8 Å². The molecule has 30 heavy (non-hydrogen) atoms. The van der Waals surface area contributed by atoms with E-state index >= 15 is 0 Å². The van der Waals surface area contributed by atoms with E-state index in [1.54, 1.807) is 5.57 Å². The second-order valence-electron chi connectivity index (χ2n) is 10.1. The van der Waals surface area contributed by atoms with Crippen molar-refractivity contribution in [1.82, 2.24) is 15.1 Å². The Kier molecular flexibility index (Phi) is 4.81. The molecule has 1 aliphatic carbocycles. The second kappa shape index (κ2) is 7.26. The summed E-state index contributed by atoms with van der Waals surface area (Å²) in [5.74, 6) is 0.275. The highest BCUT2D eigenvalue weighted by Crippen LogP contribution is 2.59. The molecule has 2 saturated heterocycles. The van der Waals surface area contributed by atoms with Gasteiger partial charge in [-0.15, -0.1) is 0 Å². The van der Waals surface area contributed by atoms with Crippen LogP contribution in [0.25, 0.3) is 0 Å². The predicted molar refractivity (Wildman–Crippen MR) is 121 cm³/mol. The van der Waals surface area contributed by atoms with Crippen molar-refractivity contribution in [2.75, 3.05) is 32.7 Å². The molecule has 0 amide bonds. The molecule has 0 saturated carbocycles. The fourth-order valence-corrected chi connectivity index (χ4v) is 6.32. The Hall–Kier alpha value is -2.07. The van der Waals surface area contributed by atoms with Crippen LogP contribution in [0.4, 0.5) is 0 Å². The Morgan fingerprint density at radius 3 is 2.77 bits per heavy atom. The molecule has 4 heteroatoms. The molecule has 1 aromatic rings. The van der Waals surface area contributed by atoms with Gasteiger partial charge in [0.2, 0.25) is 0 Å². The van der Waals surface area contributed by atoms with Gasteiger partial charge in [-0.3, -0.25) is 4.79 Å². The number of aryl methyl sites for hydroxylation is 1. The summed E-state index contributed by atoms with van der Waals surface area (Å²) in [4.78, 5) is 17.9. The largest absolute Gasteiger partial charge is 0.385 e. The summed E-state index contributed by atoms with van der Waals surface area (Å²) in [6.07, 6.45) is 7.62. The molecule has 0 bridgehead atoms. The van der Waals surface area contributed by atoms with Crippen LogP contribution < -0.4 is 5.32 Å². The highest BCUT2D eigenvalue weighted by atomic mass is 16.1. The zero-order valence-electron chi connectivity index (χ0n) is 18.8. The minimum absolute atomic E-state index is 0.166. The van der Waals surface area contributed by atoms with E-state index in [2.05, 4.69) is 42.0 Å². The van der Waals surface area contributed by atoms with Gasteiger partial charge in [-0.25, -0.2) is 0 Å². The van der Waals surface area contributed by atoms with Crippen LogP contribution in [0.1, 0.15) is 61.9 Å². The number of likely N-dealkylation sites (tertiary alicyclic amines) is 1. The number of ketones is 1. The van der Waals surface area contributed by atoms with Gasteiger partial charge in [-0.1, -0.05) is 42.8 Å². The number of fused-ring (bicyclic) bond motifs is 3. The third kappa shape index (κ3) is 2.95.